The van der Waals surface area contributed by atoms with Crippen LogP contribution < -0.4 is 9.64 Å². The summed E-state index contributed by atoms with van der Waals surface area (Å²) in [5.41, 5.74) is 4.38. The van der Waals surface area contributed by atoms with Gasteiger partial charge in [0.2, 0.25) is 0 Å². The van der Waals surface area contributed by atoms with Crippen LogP contribution in [0.1, 0.15) is 25.0 Å². The van der Waals surface area contributed by atoms with Gasteiger partial charge < -0.3 is 14.7 Å². The van der Waals surface area contributed by atoms with Crippen LogP contribution in [-0.4, -0.2) is 18.1 Å². The number of carbonyl (C=O) groups is 1. The molecule has 0 aliphatic rings. The van der Waals surface area contributed by atoms with E-state index in [9.17, 15) is 9.90 Å². The first-order chi connectivity index (χ1) is 14.4. The first-order valence-corrected chi connectivity index (χ1v) is 9.96. The number of carboxylic acids is 1. The Kier molecular flexibility index (Phi) is 6.80. The van der Waals surface area contributed by atoms with Gasteiger partial charge in [-0.25, -0.2) is 4.79 Å². The molecule has 0 aliphatic carbocycles. The minimum atomic E-state index is -0.968. The number of allylic oxidation sites excluding steroid dienone is 1. The Morgan fingerprint density at radius 2 is 1.67 bits per heavy atom. The van der Waals surface area contributed by atoms with Crippen LogP contribution in [0.2, 0.25) is 5.02 Å². The molecule has 0 radical (unpaired) electrons. The van der Waals surface area contributed by atoms with Gasteiger partial charge in [-0.2, -0.15) is 0 Å². The summed E-state index contributed by atoms with van der Waals surface area (Å²) in [5.74, 6) is -0.277. The highest BCUT2D eigenvalue weighted by Crippen LogP contribution is 2.29. The zero-order chi connectivity index (χ0) is 21.7. The standard InChI is InChI=1S/C25H24ClNO3/c1-17(2)24(25(28)29)23-13-12-19(26)14-18(23)16-30-22-11-7-10-21(15-22)27(3)20-8-5-4-6-9-20/h4-15H,16H2,1-3H3,(H,28,29). The van der Waals surface area contributed by atoms with Crippen LogP contribution in [0.3, 0.4) is 0 Å². The van der Waals surface area contributed by atoms with Gasteiger partial charge >= 0.3 is 5.97 Å². The number of nitrogens with zero attached hydrogens (tertiary/aromatic N) is 1. The molecule has 0 saturated carbocycles. The van der Waals surface area contributed by atoms with E-state index in [2.05, 4.69) is 4.90 Å². The lowest BCUT2D eigenvalue weighted by molar-refractivity contribution is -0.130. The van der Waals surface area contributed by atoms with Gasteiger partial charge in [-0.15, -0.1) is 0 Å². The number of halogens is 1. The molecule has 30 heavy (non-hydrogen) atoms. The van der Waals surface area contributed by atoms with Crippen molar-refractivity contribution in [3.05, 3.63) is 94.5 Å². The fourth-order valence-electron chi connectivity index (χ4n) is 3.27. The Labute approximate surface area is 182 Å². The number of hydrogen-bond donors (Lipinski definition) is 1. The van der Waals surface area contributed by atoms with Crippen LogP contribution in [0, 0.1) is 0 Å². The molecule has 0 spiro atoms. The van der Waals surface area contributed by atoms with Crippen molar-refractivity contribution in [2.45, 2.75) is 20.5 Å². The van der Waals surface area contributed by atoms with E-state index in [1.54, 1.807) is 32.0 Å². The molecule has 4 nitrogen and oxygen atoms in total. The maximum absolute atomic E-state index is 11.8. The van der Waals surface area contributed by atoms with Crippen molar-refractivity contribution in [1.82, 2.24) is 0 Å². The van der Waals surface area contributed by atoms with E-state index in [4.69, 9.17) is 16.3 Å². The average Bonchev–Trinajstić information content (AvgIpc) is 2.73. The molecule has 0 amide bonds. The highest BCUT2D eigenvalue weighted by Gasteiger charge is 2.17. The van der Waals surface area contributed by atoms with Gasteiger partial charge in [0, 0.05) is 29.5 Å². The summed E-state index contributed by atoms with van der Waals surface area (Å²) in [4.78, 5) is 13.8. The Morgan fingerprint density at radius 3 is 2.33 bits per heavy atom. The second-order valence-corrected chi connectivity index (χ2v) is 7.60. The quantitative estimate of drug-likeness (QED) is 0.438. The molecule has 3 aromatic carbocycles. The first kappa shape index (κ1) is 21.5. The second kappa shape index (κ2) is 9.51. The summed E-state index contributed by atoms with van der Waals surface area (Å²) in [6.07, 6.45) is 0. The Bertz CT molecular complexity index is 1070. The molecule has 154 valence electrons. The largest absolute Gasteiger partial charge is 0.489 e. The van der Waals surface area contributed by atoms with E-state index < -0.39 is 5.97 Å². The number of hydrogen-bond acceptors (Lipinski definition) is 3. The second-order valence-electron chi connectivity index (χ2n) is 7.16. The number of carboxylic acid groups (broad SMARTS) is 1. The van der Waals surface area contributed by atoms with E-state index in [-0.39, 0.29) is 12.2 Å². The van der Waals surface area contributed by atoms with Crippen molar-refractivity contribution >= 4 is 34.5 Å². The summed E-state index contributed by atoms with van der Waals surface area (Å²) in [6.45, 7) is 3.77. The number of ether oxygens (including phenoxy) is 1. The molecule has 0 heterocycles. The molecule has 5 heteroatoms. The normalized spacial score (nSPS) is 10.4. The zero-order valence-electron chi connectivity index (χ0n) is 17.2. The minimum Gasteiger partial charge on any atom is -0.489 e. The number of benzene rings is 3. The SMILES string of the molecule is CC(C)=C(C(=O)O)c1ccc(Cl)cc1COc1cccc(N(C)c2ccccc2)c1. The molecule has 3 rings (SSSR count). The predicted molar refractivity (Wildman–Crippen MR) is 123 cm³/mol. The van der Waals surface area contributed by atoms with Crippen LogP contribution >= 0.6 is 11.6 Å². The zero-order valence-corrected chi connectivity index (χ0v) is 18.0. The third-order valence-corrected chi connectivity index (χ3v) is 5.03. The monoisotopic (exact) mass is 421 g/mol. The van der Waals surface area contributed by atoms with Crippen molar-refractivity contribution in [1.29, 1.82) is 0 Å². The van der Waals surface area contributed by atoms with Crippen molar-refractivity contribution in [3.8, 4) is 5.75 Å². The molecule has 0 saturated heterocycles. The van der Waals surface area contributed by atoms with E-state index >= 15 is 0 Å². The average molecular weight is 422 g/mol. The van der Waals surface area contributed by atoms with Crippen LogP contribution in [0.4, 0.5) is 11.4 Å². The molecular weight excluding hydrogens is 398 g/mol. The Morgan fingerprint density at radius 1 is 0.967 bits per heavy atom. The maximum atomic E-state index is 11.8. The maximum Gasteiger partial charge on any atom is 0.336 e. The highest BCUT2D eigenvalue weighted by molar-refractivity contribution is 6.30. The van der Waals surface area contributed by atoms with E-state index in [1.165, 1.54) is 0 Å². The molecule has 0 fully saturated rings. The van der Waals surface area contributed by atoms with Gasteiger partial charge in [0.15, 0.2) is 0 Å². The fraction of sp³-hybridized carbons (Fsp3) is 0.160. The lowest BCUT2D eigenvalue weighted by Gasteiger charge is -2.20. The van der Waals surface area contributed by atoms with Gasteiger partial charge in [0.05, 0.1) is 5.57 Å². The lowest BCUT2D eigenvalue weighted by Crippen LogP contribution is -2.09. The van der Waals surface area contributed by atoms with Crippen LogP contribution in [-0.2, 0) is 11.4 Å². The van der Waals surface area contributed by atoms with E-state index in [1.807, 2.05) is 61.6 Å². The molecule has 0 atom stereocenters. The van der Waals surface area contributed by atoms with Crippen molar-refractivity contribution < 1.29 is 14.6 Å². The van der Waals surface area contributed by atoms with Gasteiger partial charge in [-0.3, -0.25) is 0 Å². The minimum absolute atomic E-state index is 0.207. The molecule has 0 aromatic heterocycles. The predicted octanol–water partition coefficient (Wildman–Crippen LogP) is 6.56. The smallest absolute Gasteiger partial charge is 0.336 e. The highest BCUT2D eigenvalue weighted by atomic mass is 35.5. The van der Waals surface area contributed by atoms with Gasteiger partial charge in [-0.1, -0.05) is 47.5 Å². The van der Waals surface area contributed by atoms with Gasteiger partial charge in [0.1, 0.15) is 12.4 Å². The topological polar surface area (TPSA) is 49.8 Å². The summed E-state index contributed by atoms with van der Waals surface area (Å²) in [5, 5.41) is 10.2. The molecule has 0 bridgehead atoms. The lowest BCUT2D eigenvalue weighted by atomic mass is 9.97. The third kappa shape index (κ3) is 5.02. The number of anilines is 2. The molecule has 1 N–H and O–H groups in total. The van der Waals surface area contributed by atoms with Gasteiger partial charge in [-0.05, 0) is 61.4 Å². The number of aliphatic carboxylic acids is 1. The molecule has 0 unspecified atom stereocenters. The molecule has 3 aromatic rings. The Hall–Kier alpha value is -3.24. The van der Waals surface area contributed by atoms with Crippen LogP contribution in [0.25, 0.3) is 5.57 Å². The number of rotatable bonds is 7. The van der Waals surface area contributed by atoms with Crippen molar-refractivity contribution in [2.75, 3.05) is 11.9 Å². The number of para-hydroxylation sites is 1. The van der Waals surface area contributed by atoms with Gasteiger partial charge in [0.25, 0.3) is 0 Å². The van der Waals surface area contributed by atoms with Crippen molar-refractivity contribution in [2.24, 2.45) is 0 Å². The Balaban J connectivity index is 1.85. The summed E-state index contributed by atoms with van der Waals surface area (Å²) in [7, 11) is 2.00. The third-order valence-electron chi connectivity index (χ3n) is 4.79. The van der Waals surface area contributed by atoms with E-state index in [0.29, 0.717) is 16.3 Å². The summed E-state index contributed by atoms with van der Waals surface area (Å²) in [6, 6.07) is 23.0. The molecular formula is C25H24ClNO3. The summed E-state index contributed by atoms with van der Waals surface area (Å²) >= 11 is 6.17. The van der Waals surface area contributed by atoms with Crippen molar-refractivity contribution in [3.63, 3.8) is 0 Å². The van der Waals surface area contributed by atoms with Crippen LogP contribution in [0.5, 0.6) is 5.75 Å². The van der Waals surface area contributed by atoms with E-state index in [0.717, 1.165) is 22.5 Å². The summed E-state index contributed by atoms with van der Waals surface area (Å²) < 4.78 is 6.02. The molecule has 0 aliphatic heterocycles. The first-order valence-electron chi connectivity index (χ1n) is 9.58. The fourth-order valence-corrected chi connectivity index (χ4v) is 3.46. The van der Waals surface area contributed by atoms with Crippen LogP contribution in [0.15, 0.2) is 78.4 Å².